The van der Waals surface area contributed by atoms with E-state index in [0.29, 0.717) is 25.8 Å². The van der Waals surface area contributed by atoms with Crippen molar-refractivity contribution in [1.82, 2.24) is 15.5 Å². The molecule has 3 unspecified atom stereocenters. The van der Waals surface area contributed by atoms with Crippen LogP contribution in [0.3, 0.4) is 0 Å². The highest BCUT2D eigenvalue weighted by atomic mass is 16.4. The van der Waals surface area contributed by atoms with Crippen molar-refractivity contribution >= 4 is 29.7 Å². The van der Waals surface area contributed by atoms with Crippen LogP contribution in [0.4, 0.5) is 0 Å². The molecule has 1 aliphatic heterocycles. The summed E-state index contributed by atoms with van der Waals surface area (Å²) >= 11 is 0. The average Bonchev–Trinajstić information content (AvgIpc) is 3.12. The number of nitrogens with zero attached hydrogens (tertiary/aromatic N) is 2. The third-order valence-electron chi connectivity index (χ3n) is 4.33. The molecule has 0 radical (unpaired) electrons. The SMILES string of the molecule is CC(NC(=O)CN)C(=O)N1CCCC1C(=O)NC(CCCN=C(N)N)C(=O)O. The number of hydrogen-bond acceptors (Lipinski definition) is 6. The first-order chi connectivity index (χ1) is 13.2. The summed E-state index contributed by atoms with van der Waals surface area (Å²) in [5, 5.41) is 14.2. The Morgan fingerprint density at radius 1 is 1.25 bits per heavy atom. The maximum Gasteiger partial charge on any atom is 0.326 e. The van der Waals surface area contributed by atoms with Crippen molar-refractivity contribution < 1.29 is 24.3 Å². The van der Waals surface area contributed by atoms with Gasteiger partial charge in [0.05, 0.1) is 6.54 Å². The molecule has 1 heterocycles. The van der Waals surface area contributed by atoms with Gasteiger partial charge in [-0.2, -0.15) is 0 Å². The van der Waals surface area contributed by atoms with Gasteiger partial charge in [-0.15, -0.1) is 0 Å². The Kier molecular flexibility index (Phi) is 9.15. The first-order valence-electron chi connectivity index (χ1n) is 9.05. The van der Waals surface area contributed by atoms with E-state index in [1.54, 1.807) is 0 Å². The maximum atomic E-state index is 12.6. The molecule has 1 rings (SSSR count). The number of aliphatic imine (C=N–C) groups is 1. The van der Waals surface area contributed by atoms with E-state index >= 15 is 0 Å². The van der Waals surface area contributed by atoms with Gasteiger partial charge in [0, 0.05) is 13.1 Å². The number of nitrogens with one attached hydrogen (secondary N) is 2. The summed E-state index contributed by atoms with van der Waals surface area (Å²) in [5.74, 6) is -2.71. The molecule has 1 aliphatic rings. The molecule has 1 saturated heterocycles. The van der Waals surface area contributed by atoms with Crippen molar-refractivity contribution in [2.24, 2.45) is 22.2 Å². The van der Waals surface area contributed by atoms with Gasteiger partial charge in [-0.1, -0.05) is 0 Å². The standard InChI is InChI=1S/C16H29N7O5/c1-9(21-12(24)8-17)14(26)23-7-3-5-11(23)13(25)22-10(15(27)28)4-2-6-20-16(18)19/h9-11H,2-8,17H2,1H3,(H,21,24)(H,22,25)(H,27,28)(H4,18,19,20). The second-order valence-electron chi connectivity index (χ2n) is 6.53. The molecule has 12 heteroatoms. The Morgan fingerprint density at radius 3 is 2.50 bits per heavy atom. The Bertz CT molecular complexity index is 621. The van der Waals surface area contributed by atoms with Gasteiger partial charge in [-0.3, -0.25) is 19.4 Å². The normalized spacial score (nSPS) is 18.1. The molecule has 9 N–H and O–H groups in total. The molecule has 0 aliphatic carbocycles. The number of likely N-dealkylation sites (tertiary alicyclic amines) is 1. The number of aliphatic carboxylic acids is 1. The monoisotopic (exact) mass is 399 g/mol. The fourth-order valence-corrected chi connectivity index (χ4v) is 2.94. The number of carbonyl (C=O) groups is 4. The lowest BCUT2D eigenvalue weighted by atomic mass is 10.1. The highest BCUT2D eigenvalue weighted by molar-refractivity contribution is 5.93. The van der Waals surface area contributed by atoms with E-state index in [2.05, 4.69) is 15.6 Å². The fourth-order valence-electron chi connectivity index (χ4n) is 2.94. The average molecular weight is 399 g/mol. The number of carboxylic acid groups (broad SMARTS) is 1. The molecule has 12 nitrogen and oxygen atoms in total. The van der Waals surface area contributed by atoms with Crippen LogP contribution in [-0.4, -0.2) is 77.4 Å². The zero-order chi connectivity index (χ0) is 21.3. The largest absolute Gasteiger partial charge is 0.480 e. The van der Waals surface area contributed by atoms with E-state index in [0.717, 1.165) is 0 Å². The minimum absolute atomic E-state index is 0.0909. The van der Waals surface area contributed by atoms with Crippen LogP contribution in [0, 0.1) is 0 Å². The van der Waals surface area contributed by atoms with Gasteiger partial charge >= 0.3 is 5.97 Å². The molecule has 0 spiro atoms. The van der Waals surface area contributed by atoms with E-state index in [1.807, 2.05) is 0 Å². The molecule has 0 aromatic heterocycles. The zero-order valence-corrected chi connectivity index (χ0v) is 15.9. The topological polar surface area (TPSA) is 206 Å². The van der Waals surface area contributed by atoms with Crippen LogP contribution in [0.1, 0.15) is 32.6 Å². The van der Waals surface area contributed by atoms with E-state index in [-0.39, 0.29) is 25.5 Å². The lowest BCUT2D eigenvalue weighted by Gasteiger charge is -2.28. The summed E-state index contributed by atoms with van der Waals surface area (Å²) in [5.41, 5.74) is 15.6. The van der Waals surface area contributed by atoms with E-state index in [1.165, 1.54) is 11.8 Å². The van der Waals surface area contributed by atoms with Crippen LogP contribution < -0.4 is 27.8 Å². The van der Waals surface area contributed by atoms with Gasteiger partial charge in [0.15, 0.2) is 5.96 Å². The number of hydrogen-bond donors (Lipinski definition) is 6. The minimum Gasteiger partial charge on any atom is -0.480 e. The molecule has 3 atom stereocenters. The number of amides is 3. The van der Waals surface area contributed by atoms with Crippen LogP contribution in [0.2, 0.25) is 0 Å². The van der Waals surface area contributed by atoms with E-state index in [9.17, 15) is 24.3 Å². The van der Waals surface area contributed by atoms with E-state index < -0.39 is 41.8 Å². The lowest BCUT2D eigenvalue weighted by Crippen LogP contribution is -2.55. The van der Waals surface area contributed by atoms with Crippen LogP contribution in [-0.2, 0) is 19.2 Å². The Labute approximate surface area is 162 Å². The first-order valence-corrected chi connectivity index (χ1v) is 9.05. The Hall–Kier alpha value is -2.89. The fraction of sp³-hybridized carbons (Fsp3) is 0.688. The van der Waals surface area contributed by atoms with Gasteiger partial charge < -0.3 is 37.8 Å². The summed E-state index contributed by atoms with van der Waals surface area (Å²) in [7, 11) is 0. The highest BCUT2D eigenvalue weighted by Crippen LogP contribution is 2.19. The van der Waals surface area contributed by atoms with Gasteiger partial charge in [-0.05, 0) is 32.6 Å². The van der Waals surface area contributed by atoms with Gasteiger partial charge in [0.25, 0.3) is 0 Å². The molecular weight excluding hydrogens is 370 g/mol. The van der Waals surface area contributed by atoms with Crippen molar-refractivity contribution in [2.75, 3.05) is 19.6 Å². The number of rotatable bonds is 10. The van der Waals surface area contributed by atoms with Crippen LogP contribution >= 0.6 is 0 Å². The van der Waals surface area contributed by atoms with Gasteiger partial charge in [0.2, 0.25) is 17.7 Å². The third kappa shape index (κ3) is 7.02. The van der Waals surface area contributed by atoms with Crippen LogP contribution in [0.5, 0.6) is 0 Å². The smallest absolute Gasteiger partial charge is 0.326 e. The summed E-state index contributed by atoms with van der Waals surface area (Å²) in [4.78, 5) is 53.0. The third-order valence-corrected chi connectivity index (χ3v) is 4.33. The van der Waals surface area contributed by atoms with Crippen LogP contribution in [0.25, 0.3) is 0 Å². The van der Waals surface area contributed by atoms with E-state index in [4.69, 9.17) is 17.2 Å². The highest BCUT2D eigenvalue weighted by Gasteiger charge is 2.37. The van der Waals surface area contributed by atoms with Crippen molar-refractivity contribution in [3.05, 3.63) is 0 Å². The second-order valence-corrected chi connectivity index (χ2v) is 6.53. The van der Waals surface area contributed by atoms with Crippen LogP contribution in [0.15, 0.2) is 4.99 Å². The second kappa shape index (κ2) is 11.1. The Morgan fingerprint density at radius 2 is 1.93 bits per heavy atom. The summed E-state index contributed by atoms with van der Waals surface area (Å²) < 4.78 is 0. The molecule has 1 fully saturated rings. The molecule has 0 bridgehead atoms. The van der Waals surface area contributed by atoms with Crippen molar-refractivity contribution in [1.29, 1.82) is 0 Å². The quantitative estimate of drug-likeness (QED) is 0.127. The summed E-state index contributed by atoms with van der Waals surface area (Å²) in [6.45, 7) is 1.85. The molecule has 0 saturated carbocycles. The van der Waals surface area contributed by atoms with Gasteiger partial charge in [0.1, 0.15) is 18.1 Å². The molecule has 0 aromatic rings. The number of nitrogens with two attached hydrogens (primary N) is 3. The number of carbonyl (C=O) groups excluding carboxylic acids is 3. The zero-order valence-electron chi connectivity index (χ0n) is 15.9. The van der Waals surface area contributed by atoms with Gasteiger partial charge in [-0.25, -0.2) is 4.79 Å². The summed E-state index contributed by atoms with van der Waals surface area (Å²) in [6, 6.07) is -2.74. The molecule has 158 valence electrons. The molecular formula is C16H29N7O5. The minimum atomic E-state index is -1.18. The molecule has 28 heavy (non-hydrogen) atoms. The number of guanidine groups is 1. The van der Waals surface area contributed by atoms with Crippen molar-refractivity contribution in [3.8, 4) is 0 Å². The summed E-state index contributed by atoms with van der Waals surface area (Å²) in [6.07, 6.45) is 1.52. The molecule has 3 amide bonds. The predicted octanol–water partition coefficient (Wildman–Crippen LogP) is -2.94. The predicted molar refractivity (Wildman–Crippen MR) is 101 cm³/mol. The molecule has 0 aromatic carbocycles. The van der Waals surface area contributed by atoms with Crippen molar-refractivity contribution in [3.63, 3.8) is 0 Å². The lowest BCUT2D eigenvalue weighted by molar-refractivity contribution is -0.144. The first kappa shape index (κ1) is 23.1. The number of carboxylic acids is 1. The Balaban J connectivity index is 2.68. The maximum absolute atomic E-state index is 12.6. The van der Waals surface area contributed by atoms with Crippen molar-refractivity contribution in [2.45, 2.75) is 50.7 Å².